The van der Waals surface area contributed by atoms with Crippen molar-refractivity contribution in [1.29, 1.82) is 21.0 Å². The minimum Gasteiger partial charge on any atom is -0.341 e. The predicted octanol–water partition coefficient (Wildman–Crippen LogP) is 5.15. The predicted molar refractivity (Wildman–Crippen MR) is 125 cm³/mol. The van der Waals surface area contributed by atoms with Gasteiger partial charge in [0.2, 0.25) is 10.8 Å². The highest BCUT2D eigenvalue weighted by Gasteiger charge is 2.64. The minimum atomic E-state index is -2.20. The standard InChI is InChI=1S/C27H16N6/c28-16-26(17-29)23(20-10-4-1-5-11-20)24(21-12-6-2-7-13-21)33-25(27(26,18-30)19-31)32-22-14-8-3-9-15-22/h1-15H,(H,32,33). The van der Waals surface area contributed by atoms with Crippen molar-refractivity contribution >= 4 is 22.8 Å². The number of anilines is 1. The molecule has 0 unspecified atom stereocenters. The van der Waals surface area contributed by atoms with Crippen molar-refractivity contribution in [3.63, 3.8) is 0 Å². The number of amidine groups is 1. The summed E-state index contributed by atoms with van der Waals surface area (Å²) in [6.45, 7) is 0. The van der Waals surface area contributed by atoms with E-state index >= 15 is 0 Å². The first-order chi connectivity index (χ1) is 16.2. The van der Waals surface area contributed by atoms with E-state index in [1.54, 1.807) is 48.5 Å². The molecule has 4 rings (SSSR count). The zero-order chi connectivity index (χ0) is 23.3. The van der Waals surface area contributed by atoms with Gasteiger partial charge < -0.3 is 5.32 Å². The maximum atomic E-state index is 10.4. The molecule has 1 heterocycles. The van der Waals surface area contributed by atoms with Crippen LogP contribution in [-0.2, 0) is 0 Å². The van der Waals surface area contributed by atoms with E-state index in [9.17, 15) is 21.0 Å². The molecule has 0 atom stereocenters. The fraction of sp³-hybridized carbons (Fsp3) is 0.0741. The first kappa shape index (κ1) is 21.1. The van der Waals surface area contributed by atoms with Gasteiger partial charge in [0, 0.05) is 16.8 Å². The molecule has 3 aromatic rings. The Balaban J connectivity index is 2.14. The minimum absolute atomic E-state index is 0.0691. The van der Waals surface area contributed by atoms with Gasteiger partial charge in [0.1, 0.15) is 5.84 Å². The monoisotopic (exact) mass is 424 g/mol. The summed E-state index contributed by atoms with van der Waals surface area (Å²) in [7, 11) is 0. The highest BCUT2D eigenvalue weighted by atomic mass is 15.0. The third-order valence-electron chi connectivity index (χ3n) is 5.57. The van der Waals surface area contributed by atoms with E-state index in [1.165, 1.54) is 0 Å². The van der Waals surface area contributed by atoms with E-state index < -0.39 is 10.8 Å². The van der Waals surface area contributed by atoms with Crippen molar-refractivity contribution < 1.29 is 0 Å². The lowest BCUT2D eigenvalue weighted by atomic mass is 9.58. The Labute approximate surface area is 191 Å². The van der Waals surface area contributed by atoms with Crippen molar-refractivity contribution in [2.45, 2.75) is 0 Å². The number of allylic oxidation sites excluding steroid dienone is 1. The summed E-state index contributed by atoms with van der Waals surface area (Å²) in [5.74, 6) is -0.0691. The SMILES string of the molecule is N#CC1(C#N)C(Nc2ccccc2)=NC(c2ccccc2)=C(c2ccccc2)C1(C#N)C#N. The van der Waals surface area contributed by atoms with Gasteiger partial charge in [-0.15, -0.1) is 0 Å². The van der Waals surface area contributed by atoms with Gasteiger partial charge in [-0.3, -0.25) is 0 Å². The van der Waals surface area contributed by atoms with Gasteiger partial charge in [0.05, 0.1) is 30.0 Å². The summed E-state index contributed by atoms with van der Waals surface area (Å²) in [6.07, 6.45) is 0. The first-order valence-electron chi connectivity index (χ1n) is 10.1. The highest BCUT2D eigenvalue weighted by molar-refractivity contribution is 6.15. The molecule has 0 amide bonds. The maximum Gasteiger partial charge on any atom is 0.236 e. The van der Waals surface area contributed by atoms with Crippen molar-refractivity contribution in [2.75, 3.05) is 5.32 Å². The average molecular weight is 424 g/mol. The molecule has 0 saturated heterocycles. The number of nitrogens with one attached hydrogen (secondary N) is 1. The molecule has 0 aromatic heterocycles. The number of hydrogen-bond acceptors (Lipinski definition) is 6. The molecule has 6 nitrogen and oxygen atoms in total. The number of rotatable bonds is 3. The van der Waals surface area contributed by atoms with Crippen LogP contribution in [0.25, 0.3) is 11.3 Å². The fourth-order valence-electron chi connectivity index (χ4n) is 3.94. The van der Waals surface area contributed by atoms with Crippen LogP contribution in [0.3, 0.4) is 0 Å². The van der Waals surface area contributed by atoms with Crippen LogP contribution in [0.4, 0.5) is 5.69 Å². The summed E-state index contributed by atoms with van der Waals surface area (Å²) >= 11 is 0. The van der Waals surface area contributed by atoms with Crippen molar-refractivity contribution in [2.24, 2.45) is 15.8 Å². The van der Waals surface area contributed by atoms with Crippen LogP contribution < -0.4 is 5.32 Å². The Morgan fingerprint density at radius 1 is 0.576 bits per heavy atom. The topological polar surface area (TPSA) is 120 Å². The van der Waals surface area contributed by atoms with Gasteiger partial charge in [0.15, 0.2) is 0 Å². The molecular formula is C27H16N6. The molecular weight excluding hydrogens is 408 g/mol. The normalized spacial score (nSPS) is 15.7. The molecule has 0 radical (unpaired) electrons. The van der Waals surface area contributed by atoms with Crippen molar-refractivity contribution in [3.8, 4) is 24.3 Å². The van der Waals surface area contributed by atoms with Crippen molar-refractivity contribution in [3.05, 3.63) is 102 Å². The lowest BCUT2D eigenvalue weighted by Gasteiger charge is -2.38. The summed E-state index contributed by atoms with van der Waals surface area (Å²) in [5.41, 5.74) is -2.01. The Morgan fingerprint density at radius 2 is 1.03 bits per heavy atom. The molecule has 0 bridgehead atoms. The molecule has 0 saturated carbocycles. The molecule has 1 aliphatic heterocycles. The number of nitriles is 4. The van der Waals surface area contributed by atoms with Crippen molar-refractivity contribution in [1.82, 2.24) is 0 Å². The summed E-state index contributed by atoms with van der Waals surface area (Å²) in [5, 5.41) is 44.5. The molecule has 0 aliphatic carbocycles. The summed E-state index contributed by atoms with van der Waals surface area (Å²) in [6, 6.07) is 34.9. The van der Waals surface area contributed by atoms with Crippen LogP contribution in [0.5, 0.6) is 0 Å². The van der Waals surface area contributed by atoms with Crippen LogP contribution in [0.2, 0.25) is 0 Å². The quantitative estimate of drug-likeness (QED) is 0.624. The van der Waals surface area contributed by atoms with Crippen LogP contribution in [0.1, 0.15) is 11.1 Å². The largest absolute Gasteiger partial charge is 0.341 e. The maximum absolute atomic E-state index is 10.4. The highest BCUT2D eigenvalue weighted by Crippen LogP contribution is 2.55. The Kier molecular flexibility index (Phi) is 5.44. The average Bonchev–Trinajstić information content (AvgIpc) is 2.89. The second-order valence-electron chi connectivity index (χ2n) is 7.35. The zero-order valence-corrected chi connectivity index (χ0v) is 17.4. The number of aliphatic imine (C=N–C) groups is 1. The number of benzene rings is 3. The van der Waals surface area contributed by atoms with E-state index in [4.69, 9.17) is 4.99 Å². The van der Waals surface area contributed by atoms with Gasteiger partial charge >= 0.3 is 0 Å². The molecule has 1 N–H and O–H groups in total. The smallest absolute Gasteiger partial charge is 0.236 e. The van der Waals surface area contributed by atoms with E-state index in [0.717, 1.165) is 0 Å². The lowest BCUT2D eigenvalue weighted by molar-refractivity contribution is 0.498. The van der Waals surface area contributed by atoms with Crippen LogP contribution >= 0.6 is 0 Å². The Bertz CT molecular complexity index is 1380. The zero-order valence-electron chi connectivity index (χ0n) is 17.4. The molecule has 154 valence electrons. The van der Waals surface area contributed by atoms with Gasteiger partial charge in [-0.1, -0.05) is 78.9 Å². The van der Waals surface area contributed by atoms with E-state index in [2.05, 4.69) is 5.32 Å². The number of nitrogens with zero attached hydrogens (tertiary/aromatic N) is 5. The molecule has 3 aromatic carbocycles. The van der Waals surface area contributed by atoms with Gasteiger partial charge in [0.25, 0.3) is 0 Å². The van der Waals surface area contributed by atoms with E-state index in [1.807, 2.05) is 66.7 Å². The third kappa shape index (κ3) is 3.21. The van der Waals surface area contributed by atoms with Crippen LogP contribution in [0.15, 0.2) is 96.0 Å². The van der Waals surface area contributed by atoms with Gasteiger partial charge in [-0.25, -0.2) is 4.99 Å². The third-order valence-corrected chi connectivity index (χ3v) is 5.57. The van der Waals surface area contributed by atoms with E-state index in [0.29, 0.717) is 22.5 Å². The Morgan fingerprint density at radius 3 is 1.52 bits per heavy atom. The molecule has 1 aliphatic rings. The van der Waals surface area contributed by atoms with Crippen LogP contribution in [0, 0.1) is 56.2 Å². The second kappa shape index (κ2) is 8.52. The molecule has 33 heavy (non-hydrogen) atoms. The number of para-hydroxylation sites is 1. The first-order valence-corrected chi connectivity index (χ1v) is 10.1. The fourth-order valence-corrected chi connectivity index (χ4v) is 3.94. The lowest BCUT2D eigenvalue weighted by Crippen LogP contribution is -2.50. The molecule has 6 heteroatoms. The number of hydrogen-bond donors (Lipinski definition) is 1. The second-order valence-corrected chi connectivity index (χ2v) is 7.35. The van der Waals surface area contributed by atoms with Gasteiger partial charge in [-0.2, -0.15) is 21.0 Å². The van der Waals surface area contributed by atoms with E-state index in [-0.39, 0.29) is 11.4 Å². The molecule has 0 spiro atoms. The summed E-state index contributed by atoms with van der Waals surface area (Å²) in [4.78, 5) is 4.73. The molecule has 0 fully saturated rings. The Hall–Kier alpha value is -5.17. The summed E-state index contributed by atoms with van der Waals surface area (Å²) < 4.78 is 0. The van der Waals surface area contributed by atoms with Gasteiger partial charge in [-0.05, 0) is 17.7 Å². The van der Waals surface area contributed by atoms with Crippen LogP contribution in [-0.4, -0.2) is 5.84 Å².